The average molecular weight is 291 g/mol. The van der Waals surface area contributed by atoms with Gasteiger partial charge in [-0.1, -0.05) is 13.8 Å². The van der Waals surface area contributed by atoms with E-state index in [4.69, 9.17) is 5.73 Å². The van der Waals surface area contributed by atoms with Gasteiger partial charge in [-0.15, -0.1) is 16.4 Å². The average Bonchev–Trinajstić information content (AvgIpc) is 3.09. The van der Waals surface area contributed by atoms with Crippen molar-refractivity contribution in [2.45, 2.75) is 32.7 Å². The first-order valence-electron chi connectivity index (χ1n) is 7.18. The Morgan fingerprint density at radius 2 is 2.40 bits per heavy atom. The van der Waals surface area contributed by atoms with E-state index >= 15 is 0 Å². The van der Waals surface area contributed by atoms with Crippen LogP contribution in [0.15, 0.2) is 11.4 Å². The van der Waals surface area contributed by atoms with E-state index in [1.807, 2.05) is 0 Å². The third kappa shape index (κ3) is 2.45. The predicted molar refractivity (Wildman–Crippen MR) is 83.0 cm³/mol. The normalized spacial score (nSPS) is 23.2. The first-order chi connectivity index (χ1) is 9.69. The lowest BCUT2D eigenvalue weighted by molar-refractivity contribution is 0.376. The Labute approximate surface area is 123 Å². The van der Waals surface area contributed by atoms with Crippen LogP contribution in [-0.4, -0.2) is 34.3 Å². The van der Waals surface area contributed by atoms with E-state index < -0.39 is 0 Å². The molecule has 0 saturated carbocycles. The van der Waals surface area contributed by atoms with E-state index in [0.717, 1.165) is 37.7 Å². The zero-order valence-electron chi connectivity index (χ0n) is 12.0. The smallest absolute Gasteiger partial charge is 0.245 e. The third-order valence-electron chi connectivity index (χ3n) is 4.12. The second kappa shape index (κ2) is 5.54. The van der Waals surface area contributed by atoms with Crippen LogP contribution >= 0.6 is 11.3 Å². The Kier molecular flexibility index (Phi) is 3.76. The van der Waals surface area contributed by atoms with Crippen molar-refractivity contribution in [2.24, 2.45) is 11.7 Å². The molecule has 1 aliphatic heterocycles. The summed E-state index contributed by atoms with van der Waals surface area (Å²) in [5.74, 6) is 2.23. The standard InChI is InChI=1S/C14H21N5S/c1-3-10-5-7-20-12(10)13-16-14(18-17-13)19-6-4-9(2)11(15)8-19/h5,7,9,11H,3-4,6,8,15H2,1-2H3,(H,16,17,18). The van der Waals surface area contributed by atoms with E-state index in [1.54, 1.807) is 11.3 Å². The lowest BCUT2D eigenvalue weighted by Gasteiger charge is -2.34. The molecule has 0 bridgehead atoms. The molecule has 1 aliphatic rings. The van der Waals surface area contributed by atoms with Crippen LogP contribution in [0, 0.1) is 5.92 Å². The number of anilines is 1. The van der Waals surface area contributed by atoms with Crippen LogP contribution in [0.25, 0.3) is 10.7 Å². The van der Waals surface area contributed by atoms with Gasteiger partial charge in [-0.05, 0) is 35.8 Å². The molecule has 0 radical (unpaired) electrons. The lowest BCUT2D eigenvalue weighted by Crippen LogP contribution is -2.48. The number of aryl methyl sites for hydroxylation is 1. The Bertz CT molecular complexity index is 576. The zero-order chi connectivity index (χ0) is 14.1. The van der Waals surface area contributed by atoms with Crippen LogP contribution in [0.3, 0.4) is 0 Å². The quantitative estimate of drug-likeness (QED) is 0.910. The van der Waals surface area contributed by atoms with Crippen LogP contribution in [0.2, 0.25) is 0 Å². The maximum absolute atomic E-state index is 6.15. The van der Waals surface area contributed by atoms with Gasteiger partial charge in [0.2, 0.25) is 5.95 Å². The minimum Gasteiger partial charge on any atom is -0.338 e. The number of aromatic amines is 1. The fourth-order valence-corrected chi connectivity index (χ4v) is 3.53. The van der Waals surface area contributed by atoms with E-state index in [1.165, 1.54) is 10.4 Å². The number of H-pyrrole nitrogens is 1. The molecule has 2 aromatic heterocycles. The first-order valence-corrected chi connectivity index (χ1v) is 8.06. The van der Waals surface area contributed by atoms with Crippen LogP contribution in [0.4, 0.5) is 5.95 Å². The van der Waals surface area contributed by atoms with Crippen molar-refractivity contribution >= 4 is 17.3 Å². The van der Waals surface area contributed by atoms with Crippen molar-refractivity contribution in [3.63, 3.8) is 0 Å². The molecule has 2 atom stereocenters. The molecule has 20 heavy (non-hydrogen) atoms. The SMILES string of the molecule is CCc1ccsc1-c1nc(N2CCC(C)C(N)C2)n[nH]1. The monoisotopic (exact) mass is 291 g/mol. The highest BCUT2D eigenvalue weighted by Crippen LogP contribution is 2.29. The Morgan fingerprint density at radius 3 is 3.15 bits per heavy atom. The van der Waals surface area contributed by atoms with Crippen molar-refractivity contribution < 1.29 is 0 Å². The van der Waals surface area contributed by atoms with Crippen molar-refractivity contribution in [3.8, 4) is 10.7 Å². The van der Waals surface area contributed by atoms with E-state index in [0.29, 0.717) is 5.92 Å². The minimum absolute atomic E-state index is 0.207. The lowest BCUT2D eigenvalue weighted by atomic mass is 9.95. The first kappa shape index (κ1) is 13.6. The summed E-state index contributed by atoms with van der Waals surface area (Å²) in [5.41, 5.74) is 7.47. The maximum Gasteiger partial charge on any atom is 0.245 e. The largest absolute Gasteiger partial charge is 0.338 e. The number of nitrogens with two attached hydrogens (primary N) is 1. The molecule has 3 heterocycles. The van der Waals surface area contributed by atoms with Crippen molar-refractivity contribution in [2.75, 3.05) is 18.0 Å². The summed E-state index contributed by atoms with van der Waals surface area (Å²) in [4.78, 5) is 8.04. The van der Waals surface area contributed by atoms with Crippen LogP contribution in [0.5, 0.6) is 0 Å². The summed E-state index contributed by atoms with van der Waals surface area (Å²) in [6.07, 6.45) is 2.12. The number of thiophene rings is 1. The van der Waals surface area contributed by atoms with Gasteiger partial charge in [0.05, 0.1) is 4.88 Å². The van der Waals surface area contributed by atoms with Gasteiger partial charge in [-0.25, -0.2) is 0 Å². The maximum atomic E-state index is 6.15. The van der Waals surface area contributed by atoms with Crippen molar-refractivity contribution in [1.29, 1.82) is 0 Å². The van der Waals surface area contributed by atoms with Crippen LogP contribution < -0.4 is 10.6 Å². The molecule has 0 aromatic carbocycles. The van der Waals surface area contributed by atoms with E-state index in [-0.39, 0.29) is 6.04 Å². The molecular formula is C14H21N5S. The number of piperidine rings is 1. The number of aromatic nitrogens is 3. The highest BCUT2D eigenvalue weighted by molar-refractivity contribution is 7.13. The molecule has 0 spiro atoms. The molecule has 1 saturated heterocycles. The number of rotatable bonds is 3. The second-order valence-electron chi connectivity index (χ2n) is 5.49. The minimum atomic E-state index is 0.207. The molecule has 3 N–H and O–H groups in total. The molecule has 0 amide bonds. The third-order valence-corrected chi connectivity index (χ3v) is 5.08. The van der Waals surface area contributed by atoms with Gasteiger partial charge in [-0.2, -0.15) is 4.98 Å². The molecule has 3 rings (SSSR count). The summed E-state index contributed by atoms with van der Waals surface area (Å²) in [6.45, 7) is 6.19. The van der Waals surface area contributed by atoms with Crippen LogP contribution in [0.1, 0.15) is 25.8 Å². The van der Waals surface area contributed by atoms with Crippen molar-refractivity contribution in [1.82, 2.24) is 15.2 Å². The van der Waals surface area contributed by atoms with Gasteiger partial charge in [-0.3, -0.25) is 5.10 Å². The molecule has 1 fully saturated rings. The number of nitrogens with one attached hydrogen (secondary N) is 1. The van der Waals surface area contributed by atoms with Crippen molar-refractivity contribution in [3.05, 3.63) is 17.0 Å². The topological polar surface area (TPSA) is 70.8 Å². The molecule has 108 valence electrons. The number of nitrogens with zero attached hydrogens (tertiary/aromatic N) is 3. The predicted octanol–water partition coefficient (Wildman–Crippen LogP) is 2.27. The molecule has 6 heteroatoms. The highest BCUT2D eigenvalue weighted by atomic mass is 32.1. The Balaban J connectivity index is 1.80. The van der Waals surface area contributed by atoms with Gasteiger partial charge in [0.25, 0.3) is 0 Å². The Morgan fingerprint density at radius 1 is 1.55 bits per heavy atom. The summed E-state index contributed by atoms with van der Waals surface area (Å²) in [6, 6.07) is 2.36. The fraction of sp³-hybridized carbons (Fsp3) is 0.571. The second-order valence-corrected chi connectivity index (χ2v) is 6.40. The summed E-state index contributed by atoms with van der Waals surface area (Å²) >= 11 is 1.71. The fourth-order valence-electron chi connectivity index (χ4n) is 2.60. The molecule has 2 unspecified atom stereocenters. The molecule has 2 aromatic rings. The van der Waals surface area contributed by atoms with Crippen LogP contribution in [-0.2, 0) is 6.42 Å². The van der Waals surface area contributed by atoms with Gasteiger partial charge >= 0.3 is 0 Å². The van der Waals surface area contributed by atoms with Gasteiger partial charge in [0.1, 0.15) is 0 Å². The number of hydrogen-bond donors (Lipinski definition) is 2. The summed E-state index contributed by atoms with van der Waals surface area (Å²) in [5, 5.41) is 9.55. The van der Waals surface area contributed by atoms with Gasteiger partial charge in [0.15, 0.2) is 5.82 Å². The highest BCUT2D eigenvalue weighted by Gasteiger charge is 2.25. The van der Waals surface area contributed by atoms with Gasteiger partial charge in [0, 0.05) is 19.1 Å². The summed E-state index contributed by atoms with van der Waals surface area (Å²) < 4.78 is 0. The molecule has 5 nitrogen and oxygen atoms in total. The Hall–Kier alpha value is -1.40. The zero-order valence-corrected chi connectivity index (χ0v) is 12.8. The summed E-state index contributed by atoms with van der Waals surface area (Å²) in [7, 11) is 0. The molecular weight excluding hydrogens is 270 g/mol. The molecule has 0 aliphatic carbocycles. The van der Waals surface area contributed by atoms with Gasteiger partial charge < -0.3 is 10.6 Å². The number of hydrogen-bond acceptors (Lipinski definition) is 5. The van der Waals surface area contributed by atoms with E-state index in [2.05, 4.69) is 45.4 Å². The van der Waals surface area contributed by atoms with E-state index in [9.17, 15) is 0 Å².